The van der Waals surface area contributed by atoms with Crippen molar-refractivity contribution in [2.45, 2.75) is 26.2 Å². The number of hydrogen-bond acceptors (Lipinski definition) is 4. The molecule has 0 spiro atoms. The Morgan fingerprint density at radius 3 is 2.66 bits per heavy atom. The third-order valence-electron chi connectivity index (χ3n) is 4.55. The Labute approximate surface area is 166 Å². The summed E-state index contributed by atoms with van der Waals surface area (Å²) < 4.78 is 38.3. The Balaban J connectivity index is 1.33. The molecule has 29 heavy (non-hydrogen) atoms. The highest BCUT2D eigenvalue weighted by Gasteiger charge is 2.10. The second kappa shape index (κ2) is 8.36. The number of rotatable bonds is 7. The van der Waals surface area contributed by atoms with E-state index in [2.05, 4.69) is 15.0 Å². The minimum Gasteiger partial charge on any atom is -0.489 e. The molecule has 4 rings (SSSR count). The van der Waals surface area contributed by atoms with Gasteiger partial charge in [0.05, 0.1) is 23.3 Å². The zero-order chi connectivity index (χ0) is 20.2. The summed E-state index contributed by atoms with van der Waals surface area (Å²) in [6.45, 7) is 2.24. The fourth-order valence-electron chi connectivity index (χ4n) is 2.93. The number of H-pyrrole nitrogens is 1. The van der Waals surface area contributed by atoms with Gasteiger partial charge in [0.25, 0.3) is 0 Å². The summed E-state index contributed by atoms with van der Waals surface area (Å²) in [6, 6.07) is 12.5. The molecule has 148 valence electrons. The van der Waals surface area contributed by atoms with Crippen molar-refractivity contribution in [3.05, 3.63) is 89.5 Å². The van der Waals surface area contributed by atoms with Gasteiger partial charge in [-0.2, -0.15) is 0 Å². The Bertz CT molecular complexity index is 1080. The van der Waals surface area contributed by atoms with Gasteiger partial charge in [0.1, 0.15) is 36.4 Å². The Kier molecular flexibility index (Phi) is 5.48. The van der Waals surface area contributed by atoms with E-state index < -0.39 is 11.6 Å². The number of benzene rings is 2. The largest absolute Gasteiger partial charge is 0.489 e. The van der Waals surface area contributed by atoms with Gasteiger partial charge in [-0.25, -0.2) is 13.8 Å². The zero-order valence-corrected chi connectivity index (χ0v) is 15.7. The van der Waals surface area contributed by atoms with Crippen molar-refractivity contribution in [1.82, 2.24) is 15.0 Å². The predicted octanol–water partition coefficient (Wildman–Crippen LogP) is 5.09. The molecule has 0 aliphatic carbocycles. The van der Waals surface area contributed by atoms with Crippen LogP contribution in [0.1, 0.15) is 30.0 Å². The maximum atomic E-state index is 13.7. The molecule has 1 unspecified atom stereocenters. The predicted molar refractivity (Wildman–Crippen MR) is 104 cm³/mol. The lowest BCUT2D eigenvalue weighted by atomic mass is 10.1. The van der Waals surface area contributed by atoms with Gasteiger partial charge < -0.3 is 14.5 Å². The highest BCUT2D eigenvalue weighted by molar-refractivity contribution is 5.73. The number of nitrogens with one attached hydrogen (secondary N) is 1. The van der Waals surface area contributed by atoms with Crippen LogP contribution in [0.2, 0.25) is 0 Å². The normalized spacial score (nSPS) is 12.2. The van der Waals surface area contributed by atoms with Crippen LogP contribution in [0.3, 0.4) is 0 Å². The Morgan fingerprint density at radius 1 is 1.03 bits per heavy atom. The van der Waals surface area contributed by atoms with Gasteiger partial charge in [-0.3, -0.25) is 4.98 Å². The SMILES string of the molecule is CC(OCc1nc2ccncc2[nH]1)c1ccc(OCc2cc(F)ccc2F)cc1. The highest BCUT2D eigenvalue weighted by atomic mass is 19.1. The van der Waals surface area contributed by atoms with E-state index in [1.807, 2.05) is 25.1 Å². The summed E-state index contributed by atoms with van der Waals surface area (Å²) >= 11 is 0. The van der Waals surface area contributed by atoms with Gasteiger partial charge in [0, 0.05) is 11.8 Å². The lowest BCUT2D eigenvalue weighted by Crippen LogP contribution is -2.02. The van der Waals surface area contributed by atoms with E-state index in [1.54, 1.807) is 24.5 Å². The molecule has 1 atom stereocenters. The first-order chi connectivity index (χ1) is 14.1. The van der Waals surface area contributed by atoms with Crippen LogP contribution in [0.15, 0.2) is 60.9 Å². The van der Waals surface area contributed by atoms with Gasteiger partial charge >= 0.3 is 0 Å². The maximum Gasteiger partial charge on any atom is 0.133 e. The summed E-state index contributed by atoms with van der Waals surface area (Å²) in [5, 5.41) is 0. The molecule has 0 aliphatic rings. The molecule has 0 amide bonds. The van der Waals surface area contributed by atoms with Gasteiger partial charge in [-0.05, 0) is 48.9 Å². The van der Waals surface area contributed by atoms with Gasteiger partial charge in [0.15, 0.2) is 0 Å². The van der Waals surface area contributed by atoms with Crippen LogP contribution >= 0.6 is 0 Å². The van der Waals surface area contributed by atoms with Crippen molar-refractivity contribution in [1.29, 1.82) is 0 Å². The van der Waals surface area contributed by atoms with E-state index in [-0.39, 0.29) is 18.3 Å². The molecule has 7 heteroatoms. The first kappa shape index (κ1) is 19.0. The number of imidazole rings is 1. The fourth-order valence-corrected chi connectivity index (χ4v) is 2.93. The molecule has 0 bridgehead atoms. The van der Waals surface area contributed by atoms with Crippen LogP contribution in [0.4, 0.5) is 8.78 Å². The molecule has 2 heterocycles. The molecule has 0 saturated heterocycles. The second-order valence-electron chi connectivity index (χ2n) is 6.62. The standard InChI is InChI=1S/C22H19F2N3O2/c1-14(28-13-22-26-20-8-9-25-11-21(20)27-22)15-2-5-18(6-3-15)29-12-16-10-17(23)4-7-19(16)24/h2-11,14H,12-13H2,1H3,(H,26,27). The third-order valence-corrected chi connectivity index (χ3v) is 4.55. The maximum absolute atomic E-state index is 13.7. The molecular weight excluding hydrogens is 376 g/mol. The number of ether oxygens (including phenoxy) is 2. The minimum atomic E-state index is -0.494. The molecule has 4 aromatic rings. The van der Waals surface area contributed by atoms with E-state index >= 15 is 0 Å². The molecule has 2 aromatic carbocycles. The van der Waals surface area contributed by atoms with E-state index in [0.717, 1.165) is 40.6 Å². The second-order valence-corrected chi connectivity index (χ2v) is 6.62. The van der Waals surface area contributed by atoms with Gasteiger partial charge in [0.2, 0.25) is 0 Å². The molecule has 2 aromatic heterocycles. The van der Waals surface area contributed by atoms with E-state index in [0.29, 0.717) is 12.4 Å². The van der Waals surface area contributed by atoms with E-state index in [4.69, 9.17) is 9.47 Å². The van der Waals surface area contributed by atoms with Gasteiger partial charge in [-0.15, -0.1) is 0 Å². The molecular formula is C22H19F2N3O2. The average molecular weight is 395 g/mol. The van der Waals surface area contributed by atoms with Crippen molar-refractivity contribution >= 4 is 11.0 Å². The molecule has 5 nitrogen and oxygen atoms in total. The van der Waals surface area contributed by atoms with Crippen molar-refractivity contribution < 1.29 is 18.3 Å². The fraction of sp³-hybridized carbons (Fsp3) is 0.182. The summed E-state index contributed by atoms with van der Waals surface area (Å²) in [4.78, 5) is 11.7. The van der Waals surface area contributed by atoms with Crippen LogP contribution in [0, 0.1) is 11.6 Å². The first-order valence-corrected chi connectivity index (χ1v) is 9.15. The van der Waals surface area contributed by atoms with Crippen molar-refractivity contribution in [2.24, 2.45) is 0 Å². The molecule has 0 aliphatic heterocycles. The number of pyridine rings is 1. The molecule has 0 fully saturated rings. The van der Waals surface area contributed by atoms with Crippen LogP contribution in [-0.4, -0.2) is 15.0 Å². The summed E-state index contributed by atoms with van der Waals surface area (Å²) in [5.74, 6) is 0.310. The summed E-state index contributed by atoms with van der Waals surface area (Å²) in [5.41, 5.74) is 2.86. The smallest absolute Gasteiger partial charge is 0.133 e. The lowest BCUT2D eigenvalue weighted by Gasteiger charge is -2.13. The zero-order valence-electron chi connectivity index (χ0n) is 15.7. The van der Waals surface area contributed by atoms with E-state index in [1.165, 1.54) is 0 Å². The third kappa shape index (κ3) is 4.57. The van der Waals surface area contributed by atoms with Crippen LogP contribution in [0.5, 0.6) is 5.75 Å². The monoisotopic (exact) mass is 395 g/mol. The van der Waals surface area contributed by atoms with Crippen molar-refractivity contribution in [2.75, 3.05) is 0 Å². The number of halogens is 2. The quantitative estimate of drug-likeness (QED) is 0.473. The minimum absolute atomic E-state index is 0.0457. The van der Waals surface area contributed by atoms with Crippen LogP contribution in [-0.2, 0) is 18.0 Å². The Morgan fingerprint density at radius 2 is 1.86 bits per heavy atom. The van der Waals surface area contributed by atoms with Crippen LogP contribution in [0.25, 0.3) is 11.0 Å². The average Bonchev–Trinajstić information content (AvgIpc) is 3.16. The summed E-state index contributed by atoms with van der Waals surface area (Å²) in [7, 11) is 0. The van der Waals surface area contributed by atoms with Crippen molar-refractivity contribution in [3.63, 3.8) is 0 Å². The first-order valence-electron chi connectivity index (χ1n) is 9.15. The molecule has 1 N–H and O–H groups in total. The highest BCUT2D eigenvalue weighted by Crippen LogP contribution is 2.23. The lowest BCUT2D eigenvalue weighted by molar-refractivity contribution is 0.0488. The molecule has 0 saturated carbocycles. The Hall–Kier alpha value is -3.32. The number of hydrogen-bond donors (Lipinski definition) is 1. The summed E-state index contributed by atoms with van der Waals surface area (Å²) in [6.07, 6.45) is 3.27. The number of fused-ring (bicyclic) bond motifs is 1. The van der Waals surface area contributed by atoms with Gasteiger partial charge in [-0.1, -0.05) is 12.1 Å². The number of aromatic nitrogens is 3. The number of nitrogens with zero attached hydrogens (tertiary/aromatic N) is 2. The van der Waals surface area contributed by atoms with Crippen LogP contribution < -0.4 is 4.74 Å². The molecule has 0 radical (unpaired) electrons. The van der Waals surface area contributed by atoms with E-state index in [9.17, 15) is 8.78 Å². The topological polar surface area (TPSA) is 60.0 Å². The van der Waals surface area contributed by atoms with Crippen molar-refractivity contribution in [3.8, 4) is 5.75 Å². The number of aromatic amines is 1.